The SMILES string of the molecule is O=C(O)c1cccc(-n2cc(-c3ccc4ccc(-c5cn(-c6cccc(C(=O)O)c6O)nn5)cc4c3)nn2)c1O. The third-order valence-electron chi connectivity index (χ3n) is 6.40. The summed E-state index contributed by atoms with van der Waals surface area (Å²) < 4.78 is 2.62. The van der Waals surface area contributed by atoms with Crippen LogP contribution in [0.15, 0.2) is 85.2 Å². The van der Waals surface area contributed by atoms with E-state index in [0.717, 1.165) is 21.9 Å². The van der Waals surface area contributed by atoms with Gasteiger partial charge in [0, 0.05) is 11.1 Å². The van der Waals surface area contributed by atoms with Crippen molar-refractivity contribution in [1.29, 1.82) is 0 Å². The van der Waals surface area contributed by atoms with Gasteiger partial charge in [0.05, 0.1) is 12.4 Å². The summed E-state index contributed by atoms with van der Waals surface area (Å²) in [5, 5.41) is 57.6. The van der Waals surface area contributed by atoms with Crippen LogP contribution >= 0.6 is 0 Å². The van der Waals surface area contributed by atoms with Crippen LogP contribution in [0.25, 0.3) is 44.7 Å². The highest BCUT2D eigenvalue weighted by Crippen LogP contribution is 2.31. The van der Waals surface area contributed by atoms with E-state index in [1.807, 2.05) is 36.4 Å². The van der Waals surface area contributed by atoms with Crippen LogP contribution in [-0.2, 0) is 0 Å². The van der Waals surface area contributed by atoms with Crippen molar-refractivity contribution in [3.8, 4) is 45.4 Å². The molecule has 12 heteroatoms. The topological polar surface area (TPSA) is 176 Å². The molecule has 0 spiro atoms. The Morgan fingerprint density at radius 1 is 0.600 bits per heavy atom. The zero-order valence-electron chi connectivity index (χ0n) is 20.4. The van der Waals surface area contributed by atoms with E-state index in [1.165, 1.54) is 45.8 Å². The fourth-order valence-electron chi connectivity index (χ4n) is 4.37. The molecule has 0 fully saturated rings. The van der Waals surface area contributed by atoms with Gasteiger partial charge >= 0.3 is 11.9 Å². The molecule has 0 saturated heterocycles. The average molecular weight is 534 g/mol. The van der Waals surface area contributed by atoms with Gasteiger partial charge in [0.15, 0.2) is 11.5 Å². The van der Waals surface area contributed by atoms with Crippen LogP contribution in [0.3, 0.4) is 0 Å². The van der Waals surface area contributed by atoms with Gasteiger partial charge in [-0.3, -0.25) is 0 Å². The van der Waals surface area contributed by atoms with Crippen molar-refractivity contribution in [2.24, 2.45) is 0 Å². The molecule has 2 heterocycles. The molecule has 4 N–H and O–H groups in total. The molecule has 0 radical (unpaired) electrons. The minimum Gasteiger partial charge on any atom is -0.505 e. The molecule has 6 rings (SSSR count). The second kappa shape index (κ2) is 9.36. The number of hydrogen-bond donors (Lipinski definition) is 4. The lowest BCUT2D eigenvalue weighted by molar-refractivity contribution is 0.0682. The monoisotopic (exact) mass is 534 g/mol. The Morgan fingerprint density at radius 2 is 1.05 bits per heavy atom. The molecule has 0 unspecified atom stereocenters. The van der Waals surface area contributed by atoms with Crippen molar-refractivity contribution in [1.82, 2.24) is 30.0 Å². The van der Waals surface area contributed by atoms with Crippen molar-refractivity contribution in [2.45, 2.75) is 0 Å². The number of nitrogens with zero attached hydrogens (tertiary/aromatic N) is 6. The number of hydrogen-bond acceptors (Lipinski definition) is 8. The number of aromatic carboxylic acids is 2. The minimum atomic E-state index is -1.25. The van der Waals surface area contributed by atoms with Gasteiger partial charge in [0.2, 0.25) is 0 Å². The van der Waals surface area contributed by atoms with Crippen LogP contribution < -0.4 is 0 Å². The van der Waals surface area contributed by atoms with Crippen molar-refractivity contribution < 1.29 is 30.0 Å². The normalized spacial score (nSPS) is 11.1. The zero-order chi connectivity index (χ0) is 28.0. The van der Waals surface area contributed by atoms with Gasteiger partial charge in [-0.2, -0.15) is 0 Å². The van der Waals surface area contributed by atoms with Crippen molar-refractivity contribution in [3.05, 3.63) is 96.3 Å². The van der Waals surface area contributed by atoms with Crippen molar-refractivity contribution in [2.75, 3.05) is 0 Å². The van der Waals surface area contributed by atoms with E-state index in [9.17, 15) is 30.0 Å². The first-order valence-corrected chi connectivity index (χ1v) is 11.8. The molecule has 40 heavy (non-hydrogen) atoms. The van der Waals surface area contributed by atoms with E-state index >= 15 is 0 Å². The second-order valence-electron chi connectivity index (χ2n) is 8.83. The number of carboxylic acid groups (broad SMARTS) is 2. The van der Waals surface area contributed by atoms with Crippen LogP contribution in [0.4, 0.5) is 0 Å². The largest absolute Gasteiger partial charge is 0.505 e. The first kappa shape index (κ1) is 24.3. The summed E-state index contributed by atoms with van der Waals surface area (Å²) >= 11 is 0. The lowest BCUT2D eigenvalue weighted by Crippen LogP contribution is -2.01. The Balaban J connectivity index is 1.33. The van der Waals surface area contributed by atoms with Crippen LogP contribution in [0.5, 0.6) is 11.5 Å². The molecular formula is C28H18N6O6. The Morgan fingerprint density at radius 3 is 1.48 bits per heavy atom. The summed E-state index contributed by atoms with van der Waals surface area (Å²) in [5.41, 5.74) is 2.38. The van der Waals surface area contributed by atoms with Gasteiger partial charge < -0.3 is 20.4 Å². The van der Waals surface area contributed by atoms with E-state index < -0.39 is 23.4 Å². The molecule has 4 aromatic carbocycles. The van der Waals surface area contributed by atoms with Crippen LogP contribution in [0.2, 0.25) is 0 Å². The molecular weight excluding hydrogens is 516 g/mol. The number of rotatable bonds is 6. The quantitative estimate of drug-likeness (QED) is 0.243. The van der Waals surface area contributed by atoms with E-state index in [1.54, 1.807) is 12.4 Å². The van der Waals surface area contributed by atoms with Crippen LogP contribution in [-0.4, -0.2) is 62.4 Å². The van der Waals surface area contributed by atoms with Gasteiger partial charge in [-0.25, -0.2) is 19.0 Å². The number of benzene rings is 4. The summed E-state index contributed by atoms with van der Waals surface area (Å²) in [6, 6.07) is 20.1. The molecule has 0 bridgehead atoms. The fraction of sp³-hybridized carbons (Fsp3) is 0. The van der Waals surface area contributed by atoms with Gasteiger partial charge in [0.25, 0.3) is 0 Å². The van der Waals surface area contributed by atoms with Gasteiger partial charge in [-0.1, -0.05) is 46.8 Å². The lowest BCUT2D eigenvalue weighted by atomic mass is 10.0. The number of phenols is 2. The third kappa shape index (κ3) is 4.15. The second-order valence-corrected chi connectivity index (χ2v) is 8.83. The molecule has 0 saturated carbocycles. The maximum Gasteiger partial charge on any atom is 0.339 e. The molecule has 12 nitrogen and oxygen atoms in total. The molecule has 0 aliphatic heterocycles. The smallest absolute Gasteiger partial charge is 0.339 e. The Hall–Kier alpha value is -6.04. The molecule has 0 aliphatic rings. The fourth-order valence-corrected chi connectivity index (χ4v) is 4.37. The summed E-state index contributed by atoms with van der Waals surface area (Å²) in [4.78, 5) is 22.7. The van der Waals surface area contributed by atoms with Gasteiger partial charge in [-0.05, 0) is 47.2 Å². The molecule has 0 amide bonds. The number of aromatic hydroxyl groups is 2. The molecule has 2 aromatic heterocycles. The molecule has 6 aromatic rings. The van der Waals surface area contributed by atoms with Crippen molar-refractivity contribution >= 4 is 22.7 Å². The maximum absolute atomic E-state index is 11.4. The molecule has 0 aliphatic carbocycles. The number of carboxylic acids is 2. The van der Waals surface area contributed by atoms with Crippen molar-refractivity contribution in [3.63, 3.8) is 0 Å². The first-order chi connectivity index (χ1) is 19.3. The van der Waals surface area contributed by atoms with E-state index in [4.69, 9.17) is 0 Å². The van der Waals surface area contributed by atoms with Gasteiger partial charge in [0.1, 0.15) is 33.9 Å². The van der Waals surface area contributed by atoms with E-state index in [0.29, 0.717) is 11.4 Å². The highest BCUT2D eigenvalue weighted by molar-refractivity contribution is 5.93. The van der Waals surface area contributed by atoms with Crippen LogP contribution in [0, 0.1) is 0 Å². The van der Waals surface area contributed by atoms with Crippen LogP contribution in [0.1, 0.15) is 20.7 Å². The number of carbonyl (C=O) groups is 2. The van der Waals surface area contributed by atoms with E-state index in [-0.39, 0.29) is 22.5 Å². The Labute approximate surface area is 224 Å². The van der Waals surface area contributed by atoms with Gasteiger partial charge in [-0.15, -0.1) is 10.2 Å². The van der Waals surface area contributed by atoms with E-state index in [2.05, 4.69) is 20.6 Å². The first-order valence-electron chi connectivity index (χ1n) is 11.8. The highest BCUT2D eigenvalue weighted by atomic mass is 16.4. The highest BCUT2D eigenvalue weighted by Gasteiger charge is 2.17. The summed E-state index contributed by atoms with van der Waals surface area (Å²) in [7, 11) is 0. The summed E-state index contributed by atoms with van der Waals surface area (Å²) in [6.07, 6.45) is 3.18. The number of para-hydroxylation sites is 2. The zero-order valence-corrected chi connectivity index (χ0v) is 20.4. The third-order valence-corrected chi connectivity index (χ3v) is 6.40. The molecule has 196 valence electrons. The lowest BCUT2D eigenvalue weighted by Gasteiger charge is -2.06. The minimum absolute atomic E-state index is 0.185. The standard InChI is InChI=1S/C28H18N6O6/c35-25-19(27(37)38)3-1-5-23(25)33-13-21(29-31-33)16-9-7-15-8-10-17(12-18(15)11-16)22-14-34(32-30-22)24-6-2-4-20(26(24)36)28(39)40/h1-14,35-36H,(H,37,38)(H,39,40). The Kier molecular flexibility index (Phi) is 5.69. The number of fused-ring (bicyclic) bond motifs is 1. The Bertz CT molecular complexity index is 1820. The predicted octanol–water partition coefficient (Wildman–Crippen LogP) is 4.14. The summed E-state index contributed by atoms with van der Waals surface area (Å²) in [5.74, 6) is -3.33. The predicted molar refractivity (Wildman–Crippen MR) is 142 cm³/mol. The number of aromatic nitrogens is 6. The molecule has 0 atom stereocenters. The summed E-state index contributed by atoms with van der Waals surface area (Å²) in [6.45, 7) is 0. The average Bonchev–Trinajstić information content (AvgIpc) is 3.63. The maximum atomic E-state index is 11.4.